The zero-order valence-electron chi connectivity index (χ0n) is 17.2. The van der Waals surface area contributed by atoms with Crippen LogP contribution in [0.25, 0.3) is 0 Å². The highest BCUT2D eigenvalue weighted by molar-refractivity contribution is 14.0. The predicted molar refractivity (Wildman–Crippen MR) is 126 cm³/mol. The second-order valence-electron chi connectivity index (χ2n) is 7.39. The van der Waals surface area contributed by atoms with Crippen LogP contribution in [0.1, 0.15) is 40.5 Å². The average molecular weight is 488 g/mol. The molecule has 1 aromatic heterocycles. The van der Waals surface area contributed by atoms with Gasteiger partial charge in [-0.2, -0.15) is 0 Å². The van der Waals surface area contributed by atoms with Crippen LogP contribution in [0.15, 0.2) is 29.4 Å². The molecule has 1 fully saturated rings. The maximum atomic E-state index is 4.76. The van der Waals surface area contributed by atoms with E-state index < -0.39 is 0 Å². The van der Waals surface area contributed by atoms with Crippen molar-refractivity contribution in [1.29, 1.82) is 0 Å². The molecule has 0 amide bonds. The summed E-state index contributed by atoms with van der Waals surface area (Å²) in [7, 11) is 0. The second kappa shape index (κ2) is 13.1. The Bertz CT molecular complexity index is 537. The minimum atomic E-state index is 0. The van der Waals surface area contributed by atoms with Crippen molar-refractivity contribution < 1.29 is 0 Å². The van der Waals surface area contributed by atoms with Gasteiger partial charge in [0.15, 0.2) is 5.96 Å². The smallest absolute Gasteiger partial charge is 0.191 e. The molecule has 1 aromatic rings. The lowest BCUT2D eigenvalue weighted by Crippen LogP contribution is -2.46. The monoisotopic (exact) mass is 488 g/mol. The van der Waals surface area contributed by atoms with E-state index in [2.05, 4.69) is 53.5 Å². The summed E-state index contributed by atoms with van der Waals surface area (Å²) in [5.74, 6) is 2.53. The maximum Gasteiger partial charge on any atom is 0.191 e. The molecular formula is C20H37IN6. The molecule has 7 heteroatoms. The van der Waals surface area contributed by atoms with Crippen LogP contribution >= 0.6 is 24.0 Å². The van der Waals surface area contributed by atoms with E-state index in [0.29, 0.717) is 18.0 Å². The number of anilines is 1. The lowest BCUT2D eigenvalue weighted by Gasteiger charge is -2.22. The van der Waals surface area contributed by atoms with Gasteiger partial charge in [0.1, 0.15) is 5.82 Å². The first-order valence-corrected chi connectivity index (χ1v) is 10.0. The van der Waals surface area contributed by atoms with E-state index in [1.807, 2.05) is 24.4 Å². The molecule has 6 nitrogen and oxygen atoms in total. The lowest BCUT2D eigenvalue weighted by atomic mass is 10.1. The van der Waals surface area contributed by atoms with Gasteiger partial charge in [0, 0.05) is 51.0 Å². The number of pyridine rings is 1. The molecule has 2 atom stereocenters. The standard InChI is InChI=1S/C20H36N6.HI/c1-5-21-20(25-18-15-26(16(2)3)14-17(18)4)24-13-9-8-12-23-19-10-6-7-11-22-19;/h6-7,10-11,16-18H,5,8-9,12-15H2,1-4H3,(H,22,23)(H2,21,24,25);1H. The Morgan fingerprint density at radius 3 is 2.74 bits per heavy atom. The van der Waals surface area contributed by atoms with Gasteiger partial charge in [-0.25, -0.2) is 4.98 Å². The summed E-state index contributed by atoms with van der Waals surface area (Å²) in [6.07, 6.45) is 3.96. The number of guanidine groups is 1. The molecule has 3 N–H and O–H groups in total. The third kappa shape index (κ3) is 8.64. The maximum absolute atomic E-state index is 4.76. The summed E-state index contributed by atoms with van der Waals surface area (Å²) in [5.41, 5.74) is 0. The van der Waals surface area contributed by atoms with Gasteiger partial charge in [-0.05, 0) is 51.7 Å². The molecule has 0 aromatic carbocycles. The number of nitrogens with zero attached hydrogens (tertiary/aromatic N) is 3. The van der Waals surface area contributed by atoms with Crippen LogP contribution in [0.2, 0.25) is 0 Å². The molecule has 27 heavy (non-hydrogen) atoms. The molecule has 1 aliphatic heterocycles. The molecule has 2 rings (SSSR count). The Hall–Kier alpha value is -1.09. The number of hydrogen-bond acceptors (Lipinski definition) is 4. The number of likely N-dealkylation sites (tertiary alicyclic amines) is 1. The first-order chi connectivity index (χ1) is 12.6. The molecule has 1 aliphatic rings. The molecule has 2 heterocycles. The Morgan fingerprint density at radius 2 is 2.11 bits per heavy atom. The molecular weight excluding hydrogens is 451 g/mol. The number of rotatable bonds is 9. The molecule has 0 spiro atoms. The van der Waals surface area contributed by atoms with E-state index in [1.54, 1.807) is 0 Å². The van der Waals surface area contributed by atoms with Crippen molar-refractivity contribution in [3.63, 3.8) is 0 Å². The topological polar surface area (TPSA) is 64.6 Å². The molecule has 0 radical (unpaired) electrons. The molecule has 0 bridgehead atoms. The number of nitrogens with one attached hydrogen (secondary N) is 3. The fourth-order valence-electron chi connectivity index (χ4n) is 3.22. The Balaban J connectivity index is 0.00000364. The minimum absolute atomic E-state index is 0. The van der Waals surface area contributed by atoms with Gasteiger partial charge in [-0.3, -0.25) is 9.89 Å². The molecule has 154 valence electrons. The van der Waals surface area contributed by atoms with E-state index in [0.717, 1.165) is 57.3 Å². The van der Waals surface area contributed by atoms with Crippen molar-refractivity contribution in [2.24, 2.45) is 10.9 Å². The summed E-state index contributed by atoms with van der Waals surface area (Å²) >= 11 is 0. The highest BCUT2D eigenvalue weighted by atomic mass is 127. The summed E-state index contributed by atoms with van der Waals surface area (Å²) < 4.78 is 0. The van der Waals surface area contributed by atoms with Crippen molar-refractivity contribution in [1.82, 2.24) is 20.5 Å². The number of aliphatic imine (C=N–C) groups is 1. The summed E-state index contributed by atoms with van der Waals surface area (Å²) in [5, 5.41) is 10.4. The SMILES string of the molecule is CCNC(=NCCCCNc1ccccn1)NC1CN(C(C)C)CC1C.I. The van der Waals surface area contributed by atoms with Gasteiger partial charge in [0.2, 0.25) is 0 Å². The Labute approximate surface area is 182 Å². The fraction of sp³-hybridized carbons (Fsp3) is 0.700. The van der Waals surface area contributed by atoms with Crippen molar-refractivity contribution in [2.75, 3.05) is 38.0 Å². The van der Waals surface area contributed by atoms with E-state index in [1.165, 1.54) is 0 Å². The van der Waals surface area contributed by atoms with E-state index in [9.17, 15) is 0 Å². The molecule has 0 aliphatic carbocycles. The van der Waals surface area contributed by atoms with Crippen LogP contribution in [0, 0.1) is 5.92 Å². The van der Waals surface area contributed by atoms with Gasteiger partial charge in [-0.1, -0.05) is 13.0 Å². The van der Waals surface area contributed by atoms with E-state index >= 15 is 0 Å². The van der Waals surface area contributed by atoms with Crippen LogP contribution in [-0.4, -0.2) is 60.7 Å². The van der Waals surface area contributed by atoms with Crippen molar-refractivity contribution in [2.45, 2.75) is 52.6 Å². The number of aromatic nitrogens is 1. The van der Waals surface area contributed by atoms with Gasteiger partial charge >= 0.3 is 0 Å². The molecule has 1 saturated heterocycles. The van der Waals surface area contributed by atoms with Gasteiger partial charge < -0.3 is 16.0 Å². The third-order valence-electron chi connectivity index (χ3n) is 4.86. The van der Waals surface area contributed by atoms with Crippen molar-refractivity contribution in [3.8, 4) is 0 Å². The van der Waals surface area contributed by atoms with Crippen LogP contribution in [0.3, 0.4) is 0 Å². The zero-order valence-corrected chi connectivity index (χ0v) is 19.6. The van der Waals surface area contributed by atoms with Crippen LogP contribution in [-0.2, 0) is 0 Å². The largest absolute Gasteiger partial charge is 0.370 e. The van der Waals surface area contributed by atoms with Crippen molar-refractivity contribution in [3.05, 3.63) is 24.4 Å². The second-order valence-corrected chi connectivity index (χ2v) is 7.39. The number of unbranched alkanes of at least 4 members (excludes halogenated alkanes) is 1. The minimum Gasteiger partial charge on any atom is -0.370 e. The van der Waals surface area contributed by atoms with Crippen LogP contribution in [0.4, 0.5) is 5.82 Å². The first kappa shape index (κ1) is 23.9. The van der Waals surface area contributed by atoms with Gasteiger partial charge in [0.05, 0.1) is 0 Å². The molecule has 0 saturated carbocycles. The summed E-state index contributed by atoms with van der Waals surface area (Å²) in [6.45, 7) is 13.9. The van der Waals surface area contributed by atoms with Crippen LogP contribution in [0.5, 0.6) is 0 Å². The average Bonchev–Trinajstić information content (AvgIpc) is 3.00. The van der Waals surface area contributed by atoms with Crippen molar-refractivity contribution >= 4 is 35.8 Å². The summed E-state index contributed by atoms with van der Waals surface area (Å²) in [6, 6.07) is 7.00. The van der Waals surface area contributed by atoms with E-state index in [4.69, 9.17) is 4.99 Å². The molecule has 2 unspecified atom stereocenters. The number of hydrogen-bond donors (Lipinski definition) is 3. The number of halogens is 1. The normalized spacial score (nSPS) is 20.4. The summed E-state index contributed by atoms with van der Waals surface area (Å²) in [4.78, 5) is 11.6. The quantitative estimate of drug-likeness (QED) is 0.216. The predicted octanol–water partition coefficient (Wildman–Crippen LogP) is 3.18. The highest BCUT2D eigenvalue weighted by Crippen LogP contribution is 2.18. The highest BCUT2D eigenvalue weighted by Gasteiger charge is 2.31. The van der Waals surface area contributed by atoms with Gasteiger partial charge in [-0.15, -0.1) is 24.0 Å². The Kier molecular flexibility index (Phi) is 11.7. The first-order valence-electron chi connectivity index (χ1n) is 10.0. The fourth-order valence-corrected chi connectivity index (χ4v) is 3.22. The zero-order chi connectivity index (χ0) is 18.8. The Morgan fingerprint density at radius 1 is 1.30 bits per heavy atom. The van der Waals surface area contributed by atoms with Gasteiger partial charge in [0.25, 0.3) is 0 Å². The van der Waals surface area contributed by atoms with E-state index in [-0.39, 0.29) is 24.0 Å². The lowest BCUT2D eigenvalue weighted by molar-refractivity contribution is 0.265. The van der Waals surface area contributed by atoms with Crippen LogP contribution < -0.4 is 16.0 Å². The third-order valence-corrected chi connectivity index (χ3v) is 4.86.